The van der Waals surface area contributed by atoms with Crippen LogP contribution in [0.1, 0.15) is 53.6 Å². The Hall–Kier alpha value is -4.87. The van der Waals surface area contributed by atoms with Crippen molar-refractivity contribution in [3.63, 3.8) is 0 Å². The summed E-state index contributed by atoms with van der Waals surface area (Å²) in [5.41, 5.74) is 2.96. The molecule has 0 aliphatic carbocycles. The van der Waals surface area contributed by atoms with Crippen LogP contribution in [0.3, 0.4) is 0 Å². The van der Waals surface area contributed by atoms with Crippen LogP contribution in [0.15, 0.2) is 66.7 Å². The first kappa shape index (κ1) is 35.0. The van der Waals surface area contributed by atoms with Crippen LogP contribution < -0.4 is 15.5 Å². The summed E-state index contributed by atoms with van der Waals surface area (Å²) in [6.07, 6.45) is -2.61. The molecule has 0 aromatic heterocycles. The lowest BCUT2D eigenvalue weighted by Crippen LogP contribution is -2.43. The van der Waals surface area contributed by atoms with Gasteiger partial charge in [-0.2, -0.15) is 13.2 Å². The van der Waals surface area contributed by atoms with E-state index in [2.05, 4.69) is 20.3 Å². The van der Waals surface area contributed by atoms with E-state index in [-0.39, 0.29) is 37.0 Å². The number of methoxy groups -OCH3 is 2. The molecule has 1 fully saturated rings. The number of alkyl halides is 3. The largest absolute Gasteiger partial charge is 0.469 e. The number of esters is 2. The summed E-state index contributed by atoms with van der Waals surface area (Å²) in [4.78, 5) is 51.7. The molecule has 1 heterocycles. The lowest BCUT2D eigenvalue weighted by atomic mass is 9.92. The molecule has 9 nitrogen and oxygen atoms in total. The Kier molecular flexibility index (Phi) is 11.6. The van der Waals surface area contributed by atoms with Crippen LogP contribution in [-0.2, 0) is 30.0 Å². The lowest BCUT2D eigenvalue weighted by Gasteiger charge is -2.33. The van der Waals surface area contributed by atoms with Gasteiger partial charge >= 0.3 is 18.1 Å². The van der Waals surface area contributed by atoms with Crippen molar-refractivity contribution in [2.45, 2.75) is 51.2 Å². The average Bonchev–Trinajstić information content (AvgIpc) is 3.06. The molecule has 1 aliphatic rings. The van der Waals surface area contributed by atoms with Crippen molar-refractivity contribution in [2.24, 2.45) is 5.92 Å². The smallest absolute Gasteiger partial charge is 0.416 e. The summed E-state index contributed by atoms with van der Waals surface area (Å²) in [6.45, 7) is 3.24. The number of aryl methyl sites for hydroxylation is 1. The Labute approximate surface area is 271 Å². The number of anilines is 2. The van der Waals surface area contributed by atoms with Gasteiger partial charge < -0.3 is 25.0 Å². The van der Waals surface area contributed by atoms with Crippen LogP contribution in [0.25, 0.3) is 11.1 Å². The number of carbonyl (C=O) groups excluding carboxylic acids is 4. The van der Waals surface area contributed by atoms with Crippen molar-refractivity contribution in [3.8, 4) is 11.1 Å². The van der Waals surface area contributed by atoms with Crippen LogP contribution in [0, 0.1) is 12.8 Å². The topological polar surface area (TPSA) is 114 Å². The maximum Gasteiger partial charge on any atom is 0.416 e. The average molecular weight is 654 g/mol. The minimum atomic E-state index is -4.45. The van der Waals surface area contributed by atoms with E-state index < -0.39 is 29.7 Å². The SMILES string of the molecule is COC(=O)CCC(NC(=O)CC1CCN(c2ccc(NC(=O)c3cccc(C)c3-c3ccc(C(F)(F)F)cc3)cc2)CC1)C(=O)OC. The molecular weight excluding hydrogens is 615 g/mol. The molecule has 47 heavy (non-hydrogen) atoms. The van der Waals surface area contributed by atoms with Gasteiger partial charge in [-0.05, 0) is 91.3 Å². The lowest BCUT2D eigenvalue weighted by molar-refractivity contribution is -0.146. The summed E-state index contributed by atoms with van der Waals surface area (Å²) in [7, 11) is 2.48. The van der Waals surface area contributed by atoms with Crippen molar-refractivity contribution in [1.82, 2.24) is 5.32 Å². The number of rotatable bonds is 11. The van der Waals surface area contributed by atoms with E-state index in [1.807, 2.05) is 12.1 Å². The van der Waals surface area contributed by atoms with E-state index in [0.29, 0.717) is 35.5 Å². The molecule has 1 saturated heterocycles. The van der Waals surface area contributed by atoms with E-state index in [1.54, 1.807) is 37.3 Å². The Morgan fingerprint density at radius 1 is 0.915 bits per heavy atom. The normalized spacial score (nSPS) is 14.2. The van der Waals surface area contributed by atoms with Crippen LogP contribution in [-0.4, -0.2) is 57.1 Å². The quantitative estimate of drug-likeness (QED) is 0.239. The monoisotopic (exact) mass is 653 g/mol. The molecule has 0 spiro atoms. The predicted molar refractivity (Wildman–Crippen MR) is 171 cm³/mol. The number of benzene rings is 3. The van der Waals surface area contributed by atoms with Crippen molar-refractivity contribution in [1.29, 1.82) is 0 Å². The molecule has 250 valence electrons. The minimum absolute atomic E-state index is 0.0207. The predicted octanol–water partition coefficient (Wildman–Crippen LogP) is 6.15. The van der Waals surface area contributed by atoms with E-state index in [0.717, 1.165) is 36.2 Å². The third-order valence-corrected chi connectivity index (χ3v) is 8.28. The van der Waals surface area contributed by atoms with Gasteiger partial charge in [0.1, 0.15) is 6.04 Å². The van der Waals surface area contributed by atoms with Gasteiger partial charge in [0.05, 0.1) is 19.8 Å². The number of piperidine rings is 1. The number of amides is 2. The summed E-state index contributed by atoms with van der Waals surface area (Å²) in [6, 6.07) is 16.4. The molecule has 0 saturated carbocycles. The fourth-order valence-corrected chi connectivity index (χ4v) is 5.69. The van der Waals surface area contributed by atoms with Crippen LogP contribution in [0.4, 0.5) is 24.5 Å². The highest BCUT2D eigenvalue weighted by atomic mass is 19.4. The second kappa shape index (κ2) is 15.6. The Morgan fingerprint density at radius 3 is 2.17 bits per heavy atom. The molecule has 0 bridgehead atoms. The van der Waals surface area contributed by atoms with Crippen LogP contribution in [0.2, 0.25) is 0 Å². The number of hydrogen-bond donors (Lipinski definition) is 2. The first-order chi connectivity index (χ1) is 22.4. The number of ether oxygens (including phenoxy) is 2. The van der Waals surface area contributed by atoms with Crippen molar-refractivity contribution in [2.75, 3.05) is 37.5 Å². The molecule has 3 aromatic rings. The zero-order valence-corrected chi connectivity index (χ0v) is 26.5. The van der Waals surface area contributed by atoms with Gasteiger partial charge in [0.25, 0.3) is 5.91 Å². The number of nitrogens with one attached hydrogen (secondary N) is 2. The zero-order valence-electron chi connectivity index (χ0n) is 26.5. The standard InChI is InChI=1S/C35H38F3N3O6/c1-22-5-4-6-28(32(22)24-7-9-25(10-8-24)35(36,37)38)33(44)39-26-11-13-27(14-12-26)41-19-17-23(18-20-41)21-30(42)40-29(34(45)47-3)15-16-31(43)46-2/h4-14,23,29H,15-21H2,1-3H3,(H,39,44)(H,40,42). The van der Waals surface area contributed by atoms with Gasteiger partial charge in [0, 0.05) is 42.9 Å². The molecule has 12 heteroatoms. The van der Waals surface area contributed by atoms with Crippen LogP contribution >= 0.6 is 0 Å². The molecule has 1 unspecified atom stereocenters. The highest BCUT2D eigenvalue weighted by molar-refractivity contribution is 6.09. The molecule has 3 aromatic carbocycles. The van der Waals surface area contributed by atoms with E-state index in [1.165, 1.54) is 26.4 Å². The van der Waals surface area contributed by atoms with Gasteiger partial charge in [-0.25, -0.2) is 4.79 Å². The number of nitrogens with zero attached hydrogens (tertiary/aromatic N) is 1. The third kappa shape index (κ3) is 9.34. The summed E-state index contributed by atoms with van der Waals surface area (Å²) in [5.74, 6) is -1.63. The summed E-state index contributed by atoms with van der Waals surface area (Å²) < 4.78 is 48.6. The van der Waals surface area contributed by atoms with E-state index in [4.69, 9.17) is 4.74 Å². The number of halogens is 3. The number of hydrogen-bond acceptors (Lipinski definition) is 7. The summed E-state index contributed by atoms with van der Waals surface area (Å²) >= 11 is 0. The molecule has 0 radical (unpaired) electrons. The molecule has 2 amide bonds. The fraction of sp³-hybridized carbons (Fsp3) is 0.371. The van der Waals surface area contributed by atoms with Gasteiger partial charge in [-0.1, -0.05) is 24.3 Å². The zero-order chi connectivity index (χ0) is 34.1. The molecular formula is C35H38F3N3O6. The minimum Gasteiger partial charge on any atom is -0.469 e. The molecule has 1 aliphatic heterocycles. The van der Waals surface area contributed by atoms with Crippen molar-refractivity contribution >= 4 is 35.1 Å². The van der Waals surface area contributed by atoms with Crippen LogP contribution in [0.5, 0.6) is 0 Å². The molecule has 4 rings (SSSR count). The van der Waals surface area contributed by atoms with Crippen molar-refractivity contribution in [3.05, 3.63) is 83.4 Å². The van der Waals surface area contributed by atoms with Gasteiger partial charge in [-0.15, -0.1) is 0 Å². The van der Waals surface area contributed by atoms with Gasteiger partial charge in [0.15, 0.2) is 0 Å². The van der Waals surface area contributed by atoms with E-state index in [9.17, 15) is 32.3 Å². The molecule has 1 atom stereocenters. The first-order valence-electron chi connectivity index (χ1n) is 15.3. The maximum absolute atomic E-state index is 13.3. The van der Waals surface area contributed by atoms with Gasteiger partial charge in [0.2, 0.25) is 5.91 Å². The highest BCUT2D eigenvalue weighted by Gasteiger charge is 2.30. The second-order valence-electron chi connectivity index (χ2n) is 11.5. The highest BCUT2D eigenvalue weighted by Crippen LogP contribution is 2.34. The second-order valence-corrected chi connectivity index (χ2v) is 11.5. The van der Waals surface area contributed by atoms with Crippen molar-refractivity contribution < 1.29 is 41.8 Å². The Balaban J connectivity index is 1.32. The first-order valence-corrected chi connectivity index (χ1v) is 15.3. The fourth-order valence-electron chi connectivity index (χ4n) is 5.69. The third-order valence-electron chi connectivity index (χ3n) is 8.28. The summed E-state index contributed by atoms with van der Waals surface area (Å²) in [5, 5.41) is 5.58. The number of carbonyl (C=O) groups is 4. The maximum atomic E-state index is 13.3. The van der Waals surface area contributed by atoms with Gasteiger partial charge in [-0.3, -0.25) is 14.4 Å². The Morgan fingerprint density at radius 2 is 1.57 bits per heavy atom. The molecule has 2 N–H and O–H groups in total. The Bertz CT molecular complexity index is 1570. The van der Waals surface area contributed by atoms with E-state index >= 15 is 0 Å².